The van der Waals surface area contributed by atoms with Crippen LogP contribution in [0.5, 0.6) is 17.2 Å². The van der Waals surface area contributed by atoms with Crippen LogP contribution in [-0.4, -0.2) is 17.8 Å². The number of rotatable bonds is 3. The van der Waals surface area contributed by atoms with Gasteiger partial charge in [0, 0.05) is 28.6 Å². The van der Waals surface area contributed by atoms with Crippen molar-refractivity contribution >= 4 is 21.8 Å². The van der Waals surface area contributed by atoms with Crippen LogP contribution in [0.4, 0.5) is 0 Å². The van der Waals surface area contributed by atoms with Gasteiger partial charge < -0.3 is 19.5 Å². The summed E-state index contributed by atoms with van der Waals surface area (Å²) >= 11 is 3.35. The van der Waals surface area contributed by atoms with Gasteiger partial charge in [-0.3, -0.25) is 4.79 Å². The molecule has 2 unspecified atom stereocenters. The molecule has 5 nitrogen and oxygen atoms in total. The van der Waals surface area contributed by atoms with Crippen molar-refractivity contribution in [2.75, 3.05) is 11.9 Å². The quantitative estimate of drug-likeness (QED) is 0.539. The number of ether oxygens (including phenoxy) is 3. The van der Waals surface area contributed by atoms with Crippen LogP contribution >= 0.6 is 15.9 Å². The number of carbonyl (C=O) groups excluding carboxylic acids is 1. The summed E-state index contributed by atoms with van der Waals surface area (Å²) < 4.78 is 16.8. The average Bonchev–Trinajstić information content (AvgIpc) is 3.24. The Morgan fingerprint density at radius 2 is 1.96 bits per heavy atom. The van der Waals surface area contributed by atoms with Crippen molar-refractivity contribution < 1.29 is 19.0 Å². The second kappa shape index (κ2) is 8.03. The molecule has 4 aliphatic rings. The number of allylic oxidation sites excluding steroid dienone is 4. The van der Waals surface area contributed by atoms with Gasteiger partial charge in [0.25, 0.3) is 0 Å². The van der Waals surface area contributed by atoms with Crippen LogP contribution in [0.3, 0.4) is 0 Å². The van der Waals surface area contributed by atoms with Crippen LogP contribution in [-0.2, 0) is 10.2 Å². The predicted molar refractivity (Wildman–Crippen MR) is 111 cm³/mol. The molecule has 1 aliphatic carbocycles. The summed E-state index contributed by atoms with van der Waals surface area (Å²) in [5.74, 6) is 2.00. The van der Waals surface area contributed by atoms with Gasteiger partial charge in [0.1, 0.15) is 30.3 Å². The first kappa shape index (κ1) is 19.1. The van der Waals surface area contributed by atoms with Gasteiger partial charge in [-0.05, 0) is 25.0 Å². The van der Waals surface area contributed by atoms with Crippen LogP contribution in [0, 0.1) is 5.92 Å². The third-order valence-electron chi connectivity index (χ3n) is 5.58. The maximum absolute atomic E-state index is 12.7. The van der Waals surface area contributed by atoms with Gasteiger partial charge in [-0.15, -0.1) is 0 Å². The first-order valence-electron chi connectivity index (χ1n) is 9.74. The molecule has 6 heteroatoms. The van der Waals surface area contributed by atoms with Gasteiger partial charge >= 0.3 is 0 Å². The Morgan fingerprint density at radius 1 is 1.18 bits per heavy atom. The summed E-state index contributed by atoms with van der Waals surface area (Å²) in [6.07, 6.45) is 13.9. The highest BCUT2D eigenvalue weighted by atomic mass is 79.9. The molecule has 28 heavy (non-hydrogen) atoms. The lowest BCUT2D eigenvalue weighted by Crippen LogP contribution is -2.41. The minimum absolute atomic E-state index is 0.00146. The highest BCUT2D eigenvalue weighted by Gasteiger charge is 2.58. The lowest BCUT2D eigenvalue weighted by atomic mass is 9.70. The van der Waals surface area contributed by atoms with Gasteiger partial charge in [-0.25, -0.2) is 0 Å². The highest BCUT2D eigenvalue weighted by molar-refractivity contribution is 9.09. The molecule has 0 radical (unpaired) electrons. The van der Waals surface area contributed by atoms with Crippen LogP contribution in [0.2, 0.25) is 0 Å². The van der Waals surface area contributed by atoms with E-state index in [9.17, 15) is 4.79 Å². The van der Waals surface area contributed by atoms with E-state index >= 15 is 0 Å². The van der Waals surface area contributed by atoms with Gasteiger partial charge in [0.05, 0.1) is 0 Å². The first-order valence-corrected chi connectivity index (χ1v) is 10.9. The number of hydrogen-bond acceptors (Lipinski definition) is 4. The van der Waals surface area contributed by atoms with Crippen molar-refractivity contribution in [1.29, 1.82) is 0 Å². The van der Waals surface area contributed by atoms with Crippen molar-refractivity contribution in [1.82, 2.24) is 5.32 Å². The fourth-order valence-corrected chi connectivity index (χ4v) is 4.51. The number of amides is 1. The fourth-order valence-electron chi connectivity index (χ4n) is 4.11. The zero-order chi connectivity index (χ0) is 19.6. The topological polar surface area (TPSA) is 56.8 Å². The van der Waals surface area contributed by atoms with Crippen molar-refractivity contribution in [2.45, 2.75) is 38.0 Å². The molecule has 3 aliphatic heterocycles. The SMILES string of the molecule is CCCCCBr.O=C1NC2=CC=CCC2C12COc1cc3c(cc12)OC=CO3. The van der Waals surface area contributed by atoms with Crippen molar-refractivity contribution in [3.05, 3.63) is 54.1 Å². The fraction of sp³-hybridized carbons (Fsp3) is 0.409. The van der Waals surface area contributed by atoms with Gasteiger partial charge in [-0.2, -0.15) is 0 Å². The standard InChI is InChI=1S/C17H13NO4.C5H11Br/c19-16-17(10-3-1-2-4-12(10)18-16)9-22-13-8-15-14(7-11(13)17)20-5-6-21-15;1-2-3-4-5-6/h1-2,4-8,10H,3,9H2,(H,18,19);2-5H2,1H3. The van der Waals surface area contributed by atoms with E-state index in [0.29, 0.717) is 23.9 Å². The maximum Gasteiger partial charge on any atom is 0.239 e. The number of hydrogen-bond donors (Lipinski definition) is 1. The highest BCUT2D eigenvalue weighted by Crippen LogP contribution is 2.54. The van der Waals surface area contributed by atoms with E-state index in [1.165, 1.54) is 37.1 Å². The van der Waals surface area contributed by atoms with Crippen LogP contribution in [0.15, 0.2) is 48.6 Å². The molecule has 1 amide bonds. The number of benzene rings is 1. The zero-order valence-corrected chi connectivity index (χ0v) is 17.5. The Morgan fingerprint density at radius 3 is 2.68 bits per heavy atom. The number of alkyl halides is 1. The van der Waals surface area contributed by atoms with Gasteiger partial charge in [-0.1, -0.05) is 47.8 Å². The Hall–Kier alpha value is -2.21. The minimum Gasteiger partial charge on any atom is -0.492 e. The van der Waals surface area contributed by atoms with Crippen molar-refractivity contribution in [3.63, 3.8) is 0 Å². The summed E-state index contributed by atoms with van der Waals surface area (Å²) in [5.41, 5.74) is 1.18. The average molecular weight is 446 g/mol. The number of nitrogens with one attached hydrogen (secondary N) is 1. The Kier molecular flexibility index (Phi) is 5.49. The number of unbranched alkanes of at least 4 members (excludes halogenated alkanes) is 2. The van der Waals surface area contributed by atoms with Crippen molar-refractivity contribution in [2.24, 2.45) is 5.92 Å². The second-order valence-electron chi connectivity index (χ2n) is 7.25. The largest absolute Gasteiger partial charge is 0.492 e. The molecule has 1 aromatic rings. The summed E-state index contributed by atoms with van der Waals surface area (Å²) in [7, 11) is 0. The second-order valence-corrected chi connectivity index (χ2v) is 8.04. The van der Waals surface area contributed by atoms with Gasteiger partial charge in [0.15, 0.2) is 11.5 Å². The summed E-state index contributed by atoms with van der Waals surface area (Å²) in [6.45, 7) is 2.56. The normalized spacial score (nSPS) is 25.3. The molecular formula is C22H24BrNO4. The summed E-state index contributed by atoms with van der Waals surface area (Å²) in [4.78, 5) is 12.7. The zero-order valence-electron chi connectivity index (χ0n) is 15.9. The molecule has 1 aromatic carbocycles. The number of halogens is 1. The Balaban J connectivity index is 0.000000283. The monoisotopic (exact) mass is 445 g/mol. The molecule has 1 fully saturated rings. The molecule has 2 atom stereocenters. The minimum atomic E-state index is -0.675. The van der Waals surface area contributed by atoms with E-state index in [2.05, 4.69) is 34.2 Å². The summed E-state index contributed by atoms with van der Waals surface area (Å²) in [5, 5.41) is 4.18. The predicted octanol–water partition coefficient (Wildman–Crippen LogP) is 4.72. The molecule has 1 saturated heterocycles. The molecule has 1 N–H and O–H groups in total. The number of fused-ring (bicyclic) bond motifs is 5. The van der Waals surface area contributed by atoms with E-state index in [1.54, 1.807) is 6.07 Å². The van der Waals surface area contributed by atoms with E-state index in [0.717, 1.165) is 17.7 Å². The smallest absolute Gasteiger partial charge is 0.239 e. The Labute approximate surface area is 173 Å². The molecule has 0 bridgehead atoms. The maximum atomic E-state index is 12.7. The van der Waals surface area contributed by atoms with E-state index in [1.807, 2.05) is 18.2 Å². The van der Waals surface area contributed by atoms with Gasteiger partial charge in [0.2, 0.25) is 5.91 Å². The number of carbonyl (C=O) groups is 1. The third-order valence-corrected chi connectivity index (χ3v) is 6.14. The summed E-state index contributed by atoms with van der Waals surface area (Å²) in [6, 6.07) is 3.68. The van der Waals surface area contributed by atoms with E-state index < -0.39 is 5.41 Å². The third kappa shape index (κ3) is 3.13. The molecule has 0 saturated carbocycles. The van der Waals surface area contributed by atoms with Crippen LogP contribution in [0.25, 0.3) is 0 Å². The Bertz CT molecular complexity index is 856. The molecular weight excluding hydrogens is 422 g/mol. The molecule has 5 rings (SSSR count). The first-order chi connectivity index (χ1) is 13.7. The van der Waals surface area contributed by atoms with E-state index in [-0.39, 0.29) is 11.8 Å². The molecule has 0 aromatic heterocycles. The lowest BCUT2D eigenvalue weighted by molar-refractivity contribution is -0.125. The lowest BCUT2D eigenvalue weighted by Gasteiger charge is -2.27. The van der Waals surface area contributed by atoms with Crippen molar-refractivity contribution in [3.8, 4) is 17.2 Å². The molecule has 3 heterocycles. The van der Waals surface area contributed by atoms with E-state index in [4.69, 9.17) is 14.2 Å². The molecule has 148 valence electrons. The van der Waals surface area contributed by atoms with Crippen LogP contribution < -0.4 is 19.5 Å². The molecule has 1 spiro atoms. The van der Waals surface area contributed by atoms with Crippen LogP contribution in [0.1, 0.15) is 38.2 Å².